The first-order valence-electron chi connectivity index (χ1n) is 12.3. The Morgan fingerprint density at radius 1 is 1.23 bits per heavy atom. The molecule has 3 nitrogen and oxygen atoms in total. The smallest absolute Gasteiger partial charge is 0.131 e. The fourth-order valence-electron chi connectivity index (χ4n) is 6.64. The molecule has 3 saturated carbocycles. The number of aliphatic hydroxyl groups excluding tert-OH is 3. The Labute approximate surface area is 188 Å². The van der Waals surface area contributed by atoms with Crippen LogP contribution in [-0.4, -0.2) is 39.3 Å². The molecule has 0 heterocycles. The highest BCUT2D eigenvalue weighted by atomic mass is 19.1. The van der Waals surface area contributed by atoms with Crippen LogP contribution in [0, 0.1) is 23.2 Å². The van der Waals surface area contributed by atoms with Gasteiger partial charge in [0.1, 0.15) is 5.67 Å². The van der Waals surface area contributed by atoms with E-state index in [-0.39, 0.29) is 5.41 Å². The molecule has 4 heteroatoms. The highest BCUT2D eigenvalue weighted by Crippen LogP contribution is 2.60. The Hall–Kier alpha value is -0.970. The molecule has 2 unspecified atom stereocenters. The van der Waals surface area contributed by atoms with Gasteiger partial charge in [-0.1, -0.05) is 38.2 Å². The van der Waals surface area contributed by atoms with E-state index in [1.165, 1.54) is 45.1 Å². The lowest BCUT2D eigenvalue weighted by Crippen LogP contribution is -2.37. The van der Waals surface area contributed by atoms with E-state index in [0.29, 0.717) is 37.0 Å². The number of hydrogen-bond acceptors (Lipinski definition) is 3. The van der Waals surface area contributed by atoms with Crippen LogP contribution in [0.4, 0.5) is 4.39 Å². The summed E-state index contributed by atoms with van der Waals surface area (Å²) in [4.78, 5) is 0. The first-order valence-corrected chi connectivity index (χ1v) is 12.3. The average Bonchev–Trinajstić information content (AvgIpc) is 3.04. The summed E-state index contributed by atoms with van der Waals surface area (Å²) in [6.45, 7) is 11.7. The average molecular weight is 435 g/mol. The van der Waals surface area contributed by atoms with Crippen LogP contribution >= 0.6 is 0 Å². The molecule has 3 aliphatic rings. The largest absolute Gasteiger partial charge is 0.393 e. The quantitative estimate of drug-likeness (QED) is 0.506. The summed E-state index contributed by atoms with van der Waals surface area (Å²) in [5, 5.41) is 30.3. The number of alkyl halides is 1. The van der Waals surface area contributed by atoms with Crippen LogP contribution in [0.1, 0.15) is 85.5 Å². The van der Waals surface area contributed by atoms with Crippen molar-refractivity contribution >= 4 is 0 Å². The van der Waals surface area contributed by atoms with Crippen molar-refractivity contribution in [2.45, 2.75) is 109 Å². The third-order valence-electron chi connectivity index (χ3n) is 8.68. The summed E-state index contributed by atoms with van der Waals surface area (Å²) in [6, 6.07) is 0. The van der Waals surface area contributed by atoms with Crippen molar-refractivity contribution in [3.8, 4) is 0 Å². The minimum Gasteiger partial charge on any atom is -0.393 e. The van der Waals surface area contributed by atoms with E-state index in [9.17, 15) is 19.7 Å². The Morgan fingerprint density at radius 2 is 1.94 bits per heavy atom. The minimum absolute atomic E-state index is 0.251. The summed E-state index contributed by atoms with van der Waals surface area (Å²) in [7, 11) is 0. The molecule has 0 spiro atoms. The number of hydrogen-bond donors (Lipinski definition) is 3. The van der Waals surface area contributed by atoms with Gasteiger partial charge in [0.15, 0.2) is 0 Å². The molecule has 7 atom stereocenters. The predicted molar refractivity (Wildman–Crippen MR) is 124 cm³/mol. The van der Waals surface area contributed by atoms with Gasteiger partial charge >= 0.3 is 0 Å². The maximum atomic E-state index is 14.0. The molecular formula is C27H43FO3. The monoisotopic (exact) mass is 434 g/mol. The van der Waals surface area contributed by atoms with Gasteiger partial charge in [0, 0.05) is 6.42 Å². The molecule has 0 amide bonds. The van der Waals surface area contributed by atoms with Crippen LogP contribution in [0.25, 0.3) is 0 Å². The van der Waals surface area contributed by atoms with Gasteiger partial charge < -0.3 is 15.3 Å². The van der Waals surface area contributed by atoms with Crippen LogP contribution in [0.3, 0.4) is 0 Å². The van der Waals surface area contributed by atoms with Crippen molar-refractivity contribution in [1.29, 1.82) is 0 Å². The molecule has 0 bridgehead atoms. The van der Waals surface area contributed by atoms with Gasteiger partial charge in [-0.05, 0) is 99.5 Å². The van der Waals surface area contributed by atoms with Crippen molar-refractivity contribution in [2.75, 3.05) is 0 Å². The second-order valence-corrected chi connectivity index (χ2v) is 11.3. The fraction of sp³-hybridized carbons (Fsp3) is 0.778. The van der Waals surface area contributed by atoms with Crippen molar-refractivity contribution in [3.05, 3.63) is 35.5 Å². The molecule has 0 aliphatic heterocycles. The second-order valence-electron chi connectivity index (χ2n) is 11.3. The standard InChI is InChI=1S/C27H43FO3/c1-17(8-13-25(31)26(3,4)28)22-11-12-23-19(7-6-14-27(22,23)5)9-10-20-15-21(29)16-24(30)18(20)2/h9-10,17,21-25,29-31H,2,6-8,11-16H2,1,3-5H3/t17-,21-,22-,23?,24+,25?,27-/m1/s1. The van der Waals surface area contributed by atoms with E-state index in [2.05, 4.69) is 32.6 Å². The van der Waals surface area contributed by atoms with E-state index in [4.69, 9.17) is 0 Å². The Morgan fingerprint density at radius 3 is 2.61 bits per heavy atom. The number of fused-ring (bicyclic) bond motifs is 1. The molecule has 3 aliphatic carbocycles. The third-order valence-corrected chi connectivity index (χ3v) is 8.68. The Balaban J connectivity index is 1.71. The third kappa shape index (κ3) is 5.34. The Bertz CT molecular complexity index is 718. The van der Waals surface area contributed by atoms with Gasteiger partial charge in [-0.2, -0.15) is 0 Å². The van der Waals surface area contributed by atoms with Gasteiger partial charge in [0.05, 0.1) is 18.3 Å². The minimum atomic E-state index is -1.54. The summed E-state index contributed by atoms with van der Waals surface area (Å²) < 4.78 is 14.0. The molecule has 0 radical (unpaired) electrons. The lowest BCUT2D eigenvalue weighted by atomic mass is 9.60. The summed E-state index contributed by atoms with van der Waals surface area (Å²) in [5.41, 5.74) is 1.91. The summed E-state index contributed by atoms with van der Waals surface area (Å²) in [5.74, 6) is 1.62. The second kappa shape index (κ2) is 9.49. The van der Waals surface area contributed by atoms with Crippen molar-refractivity contribution in [1.82, 2.24) is 0 Å². The molecule has 3 rings (SSSR count). The lowest BCUT2D eigenvalue weighted by molar-refractivity contribution is 0.00301. The van der Waals surface area contributed by atoms with Gasteiger partial charge in [-0.3, -0.25) is 0 Å². The van der Waals surface area contributed by atoms with Crippen molar-refractivity contribution in [3.63, 3.8) is 0 Å². The molecular weight excluding hydrogens is 391 g/mol. The molecule has 0 aromatic carbocycles. The zero-order valence-corrected chi connectivity index (χ0v) is 19.9. The first-order chi connectivity index (χ1) is 14.4. The normalized spacial score (nSPS) is 39.0. The molecule has 176 valence electrons. The van der Waals surface area contributed by atoms with Gasteiger partial charge in [-0.15, -0.1) is 0 Å². The molecule has 0 saturated heterocycles. The predicted octanol–water partition coefficient (Wildman–Crippen LogP) is 5.65. The zero-order chi connectivity index (χ0) is 23.0. The molecule has 0 aromatic heterocycles. The summed E-state index contributed by atoms with van der Waals surface area (Å²) in [6.07, 6.45) is 10.5. The SMILES string of the molecule is C=C1C(=CC=C2CCC[C@@]3(C)C2CC[C@@H]3[C@H](C)CCC(O)C(C)(C)F)C[C@@H](O)C[C@@H]1O. The molecule has 0 aromatic rings. The van der Waals surface area contributed by atoms with E-state index < -0.39 is 24.0 Å². The molecule has 3 N–H and O–H groups in total. The van der Waals surface area contributed by atoms with Gasteiger partial charge in [-0.25, -0.2) is 4.39 Å². The van der Waals surface area contributed by atoms with E-state index in [0.717, 1.165) is 24.0 Å². The molecule has 3 fully saturated rings. The maximum Gasteiger partial charge on any atom is 0.131 e. The van der Waals surface area contributed by atoms with Crippen molar-refractivity contribution < 1.29 is 19.7 Å². The lowest BCUT2D eigenvalue weighted by Gasteiger charge is -2.44. The van der Waals surface area contributed by atoms with Crippen LogP contribution in [-0.2, 0) is 0 Å². The molecule has 31 heavy (non-hydrogen) atoms. The Kier molecular flexibility index (Phi) is 7.55. The van der Waals surface area contributed by atoms with Crippen LogP contribution in [0.15, 0.2) is 35.5 Å². The van der Waals surface area contributed by atoms with E-state index in [1.807, 2.05) is 0 Å². The number of aliphatic hydroxyl groups is 3. The summed E-state index contributed by atoms with van der Waals surface area (Å²) >= 11 is 0. The number of allylic oxidation sites excluding steroid dienone is 3. The highest BCUT2D eigenvalue weighted by molar-refractivity contribution is 5.38. The van der Waals surface area contributed by atoms with Gasteiger partial charge in [0.2, 0.25) is 0 Å². The number of halogens is 1. The zero-order valence-electron chi connectivity index (χ0n) is 19.9. The van der Waals surface area contributed by atoms with Crippen LogP contribution in [0.5, 0.6) is 0 Å². The first kappa shape index (κ1) is 24.7. The topological polar surface area (TPSA) is 60.7 Å². The fourth-order valence-corrected chi connectivity index (χ4v) is 6.64. The van der Waals surface area contributed by atoms with Crippen LogP contribution < -0.4 is 0 Å². The maximum absolute atomic E-state index is 14.0. The van der Waals surface area contributed by atoms with Gasteiger partial charge in [0.25, 0.3) is 0 Å². The van der Waals surface area contributed by atoms with Crippen LogP contribution in [0.2, 0.25) is 0 Å². The highest BCUT2D eigenvalue weighted by Gasteiger charge is 2.50. The van der Waals surface area contributed by atoms with E-state index >= 15 is 0 Å². The van der Waals surface area contributed by atoms with Crippen molar-refractivity contribution in [2.24, 2.45) is 23.2 Å². The van der Waals surface area contributed by atoms with E-state index in [1.54, 1.807) is 0 Å². The number of rotatable bonds is 6.